The molecule has 1 aromatic heterocycles. The Morgan fingerprint density at radius 2 is 1.78 bits per heavy atom. The minimum atomic E-state index is -0.852. The number of aliphatic carboxylic acids is 1. The van der Waals surface area contributed by atoms with E-state index in [1.54, 1.807) is 6.20 Å². The Kier molecular flexibility index (Phi) is 6.41. The molecule has 0 aliphatic heterocycles. The van der Waals surface area contributed by atoms with Crippen molar-refractivity contribution < 1.29 is 9.90 Å². The second-order valence-electron chi connectivity index (χ2n) is 7.32. The highest BCUT2D eigenvalue weighted by Gasteiger charge is 2.30. The van der Waals surface area contributed by atoms with Crippen LogP contribution in [0.3, 0.4) is 0 Å². The molecule has 160 valence electrons. The third-order valence-electron chi connectivity index (χ3n) is 5.24. The van der Waals surface area contributed by atoms with E-state index in [4.69, 9.17) is 10.9 Å². The van der Waals surface area contributed by atoms with Gasteiger partial charge < -0.3 is 10.9 Å². The number of hydrogen-bond donors (Lipinski definition) is 2. The van der Waals surface area contributed by atoms with Gasteiger partial charge in [-0.2, -0.15) is 15.3 Å². The van der Waals surface area contributed by atoms with Crippen LogP contribution >= 0.6 is 0 Å². The smallest absolute Gasteiger partial charge is 0.303 e. The van der Waals surface area contributed by atoms with Gasteiger partial charge in [-0.25, -0.2) is 0 Å². The maximum Gasteiger partial charge on any atom is 0.303 e. The van der Waals surface area contributed by atoms with Crippen LogP contribution in [0.25, 0.3) is 16.8 Å². The second-order valence-corrected chi connectivity index (χ2v) is 7.32. The average molecular weight is 426 g/mol. The van der Waals surface area contributed by atoms with Crippen LogP contribution in [0.1, 0.15) is 30.0 Å². The summed E-state index contributed by atoms with van der Waals surface area (Å²) in [5.41, 5.74) is 5.20. The molecule has 1 aliphatic carbocycles. The first-order valence-corrected chi connectivity index (χ1v) is 10.2. The van der Waals surface area contributed by atoms with Crippen molar-refractivity contribution in [1.82, 2.24) is 4.98 Å². The van der Waals surface area contributed by atoms with E-state index in [9.17, 15) is 4.79 Å². The van der Waals surface area contributed by atoms with Gasteiger partial charge in [0.2, 0.25) is 0 Å². The van der Waals surface area contributed by atoms with E-state index in [-0.39, 0.29) is 6.42 Å². The number of carboxylic acids is 1. The van der Waals surface area contributed by atoms with Crippen molar-refractivity contribution in [2.24, 2.45) is 26.4 Å². The summed E-state index contributed by atoms with van der Waals surface area (Å²) in [6, 6.07) is 20.4. The first kappa shape index (κ1) is 21.0. The Bertz CT molecular complexity index is 1170. The number of allylic oxidation sites excluding steroid dienone is 1. The van der Waals surface area contributed by atoms with Crippen molar-refractivity contribution in [2.45, 2.75) is 24.9 Å². The highest BCUT2D eigenvalue weighted by atomic mass is 16.4. The largest absolute Gasteiger partial charge is 0.481 e. The molecular formula is C24H22N6O2. The third-order valence-corrected chi connectivity index (χ3v) is 5.24. The lowest BCUT2D eigenvalue weighted by Crippen LogP contribution is -2.19. The zero-order valence-electron chi connectivity index (χ0n) is 17.2. The normalized spacial score (nSPS) is 17.9. The third kappa shape index (κ3) is 4.75. The summed E-state index contributed by atoms with van der Waals surface area (Å²) in [7, 11) is 0. The molecule has 0 saturated heterocycles. The molecule has 0 saturated carbocycles. The molecule has 2 unspecified atom stereocenters. The number of hydrogen-bond acceptors (Lipinski definition) is 6. The number of fused-ring (bicyclic) bond motifs is 1. The van der Waals surface area contributed by atoms with Gasteiger partial charge >= 0.3 is 5.97 Å². The molecule has 0 amide bonds. The number of rotatable bonds is 7. The molecule has 32 heavy (non-hydrogen) atoms. The van der Waals surface area contributed by atoms with Crippen LogP contribution in [-0.4, -0.2) is 22.1 Å². The molecular weight excluding hydrogens is 404 g/mol. The number of carboxylic acid groups (broad SMARTS) is 1. The first-order chi connectivity index (χ1) is 15.7. The number of carbonyl (C=O) groups is 1. The number of azo groups is 1. The maximum atomic E-state index is 11.1. The van der Waals surface area contributed by atoms with Crippen LogP contribution in [0.4, 0.5) is 5.69 Å². The summed E-state index contributed by atoms with van der Waals surface area (Å²) >= 11 is 0. The zero-order valence-corrected chi connectivity index (χ0v) is 17.2. The van der Waals surface area contributed by atoms with Crippen LogP contribution in [-0.2, 0) is 4.79 Å². The van der Waals surface area contributed by atoms with Gasteiger partial charge in [-0.3, -0.25) is 9.78 Å². The highest BCUT2D eigenvalue weighted by Crippen LogP contribution is 2.39. The monoisotopic (exact) mass is 426 g/mol. The number of nitrogens with zero attached hydrogens (tertiary/aromatic N) is 5. The fourth-order valence-electron chi connectivity index (χ4n) is 3.74. The highest BCUT2D eigenvalue weighted by molar-refractivity contribution is 5.76. The van der Waals surface area contributed by atoms with Gasteiger partial charge in [0.1, 0.15) is 17.8 Å². The number of benzene rings is 2. The van der Waals surface area contributed by atoms with E-state index in [0.717, 1.165) is 28.0 Å². The summed E-state index contributed by atoms with van der Waals surface area (Å²) in [6.45, 7) is 0. The minimum Gasteiger partial charge on any atom is -0.481 e. The van der Waals surface area contributed by atoms with Gasteiger partial charge in [-0.1, -0.05) is 65.9 Å². The van der Waals surface area contributed by atoms with Gasteiger partial charge in [0.25, 0.3) is 0 Å². The molecule has 4 rings (SSSR count). The van der Waals surface area contributed by atoms with E-state index < -0.39 is 18.1 Å². The summed E-state index contributed by atoms with van der Waals surface area (Å²) < 4.78 is 0. The Hall–Kier alpha value is -4.20. The Balaban J connectivity index is 1.62. The first-order valence-electron chi connectivity index (χ1n) is 10.2. The topological polar surface area (TPSA) is 126 Å². The summed E-state index contributed by atoms with van der Waals surface area (Å²) in [4.78, 5) is 15.6. The zero-order chi connectivity index (χ0) is 22.3. The van der Waals surface area contributed by atoms with Crippen molar-refractivity contribution in [2.75, 3.05) is 0 Å². The standard InChI is InChI=1S/C24H22N6O2/c25-30-29-24-20-9-5-4-8-19(20)17(10-13-23(31)32)14-22(24)28-27-18-11-12-21(26-15-18)16-6-2-1-3-7-16/h1-9,11-12,14-15,22,24H,10,13H2,(H2,25,29)(H,31,32). The minimum absolute atomic E-state index is 0.0258. The van der Waals surface area contributed by atoms with E-state index in [1.807, 2.05) is 72.8 Å². The molecule has 8 heteroatoms. The predicted octanol–water partition coefficient (Wildman–Crippen LogP) is 5.53. The summed E-state index contributed by atoms with van der Waals surface area (Å²) in [6.07, 6.45) is 3.98. The van der Waals surface area contributed by atoms with Crippen LogP contribution in [0.5, 0.6) is 0 Å². The lowest BCUT2D eigenvalue weighted by molar-refractivity contribution is -0.136. The number of pyridine rings is 1. The number of nitrogens with two attached hydrogens (primary N) is 1. The van der Waals surface area contributed by atoms with E-state index >= 15 is 0 Å². The average Bonchev–Trinajstić information content (AvgIpc) is 2.83. The molecule has 8 nitrogen and oxygen atoms in total. The Morgan fingerprint density at radius 3 is 2.50 bits per heavy atom. The molecule has 3 N–H and O–H groups in total. The van der Waals surface area contributed by atoms with Crippen LogP contribution in [0, 0.1) is 0 Å². The number of aromatic nitrogens is 1. The quantitative estimate of drug-likeness (QED) is 0.292. The lowest BCUT2D eigenvalue weighted by atomic mass is 9.83. The maximum absolute atomic E-state index is 11.1. The Labute approximate surface area is 185 Å². The van der Waals surface area contributed by atoms with Crippen LogP contribution in [0.2, 0.25) is 0 Å². The van der Waals surface area contributed by atoms with Crippen molar-refractivity contribution >= 4 is 17.2 Å². The van der Waals surface area contributed by atoms with Gasteiger partial charge in [-0.15, -0.1) is 0 Å². The molecule has 2 atom stereocenters. The fraction of sp³-hybridized carbons (Fsp3) is 0.167. The van der Waals surface area contributed by atoms with E-state index in [1.165, 1.54) is 0 Å². The predicted molar refractivity (Wildman–Crippen MR) is 121 cm³/mol. The van der Waals surface area contributed by atoms with Crippen LogP contribution < -0.4 is 5.84 Å². The molecule has 1 heterocycles. The van der Waals surface area contributed by atoms with Crippen LogP contribution in [0.15, 0.2) is 99.6 Å². The Morgan fingerprint density at radius 1 is 1.00 bits per heavy atom. The van der Waals surface area contributed by atoms with E-state index in [0.29, 0.717) is 12.1 Å². The van der Waals surface area contributed by atoms with Crippen molar-refractivity contribution in [3.63, 3.8) is 0 Å². The molecule has 3 aromatic rings. The van der Waals surface area contributed by atoms with Crippen molar-refractivity contribution in [3.05, 3.63) is 90.1 Å². The van der Waals surface area contributed by atoms with Gasteiger partial charge in [0.05, 0.1) is 11.9 Å². The molecule has 1 aliphatic rings. The summed E-state index contributed by atoms with van der Waals surface area (Å²) in [5, 5.41) is 25.6. The van der Waals surface area contributed by atoms with Crippen molar-refractivity contribution in [3.8, 4) is 11.3 Å². The molecule has 0 bridgehead atoms. The van der Waals surface area contributed by atoms with E-state index in [2.05, 4.69) is 25.5 Å². The summed E-state index contributed by atoms with van der Waals surface area (Å²) in [5.74, 6) is 4.52. The SMILES string of the molecule is NN=NC1c2ccccc2C(CCC(=O)O)=CC1N=Nc1ccc(-c2ccccc2)nc1. The fourth-order valence-corrected chi connectivity index (χ4v) is 3.74. The molecule has 0 spiro atoms. The van der Waals surface area contributed by atoms with Gasteiger partial charge in [-0.05, 0) is 35.3 Å². The van der Waals surface area contributed by atoms with Gasteiger partial charge in [0.15, 0.2) is 0 Å². The molecule has 0 radical (unpaired) electrons. The second kappa shape index (κ2) is 9.74. The lowest BCUT2D eigenvalue weighted by Gasteiger charge is -2.26. The van der Waals surface area contributed by atoms with Gasteiger partial charge in [0, 0.05) is 12.0 Å². The molecule has 0 fully saturated rings. The van der Waals surface area contributed by atoms with Crippen molar-refractivity contribution in [1.29, 1.82) is 0 Å². The molecule has 2 aromatic carbocycles.